The van der Waals surface area contributed by atoms with Crippen LogP contribution in [-0.2, 0) is 14.8 Å². The predicted octanol–water partition coefficient (Wildman–Crippen LogP) is 3.96. The summed E-state index contributed by atoms with van der Waals surface area (Å²) in [7, 11) is -3.92. The van der Waals surface area contributed by atoms with Crippen LogP contribution < -0.4 is 0 Å². The SMILES string of the molecule is O=C1CN(S(=O)(=O)c2ccc(F)c(Cl)c2)CC2(CCCCC2)N1C1CCCC1. The van der Waals surface area contributed by atoms with E-state index in [0.717, 1.165) is 69.9 Å². The zero-order valence-electron chi connectivity index (χ0n) is 15.9. The molecule has 1 aliphatic heterocycles. The van der Waals surface area contributed by atoms with Crippen molar-refractivity contribution in [2.24, 2.45) is 0 Å². The van der Waals surface area contributed by atoms with Crippen LogP contribution in [0.1, 0.15) is 57.8 Å². The highest BCUT2D eigenvalue weighted by molar-refractivity contribution is 7.89. The molecule has 0 unspecified atom stereocenters. The van der Waals surface area contributed by atoms with Crippen molar-refractivity contribution in [2.45, 2.75) is 74.3 Å². The third-order valence-corrected chi connectivity index (χ3v) is 8.64. The third kappa shape index (κ3) is 3.46. The minimum absolute atomic E-state index is 0.0630. The quantitative estimate of drug-likeness (QED) is 0.732. The van der Waals surface area contributed by atoms with Crippen LogP contribution in [0.4, 0.5) is 4.39 Å². The second kappa shape index (κ2) is 7.58. The Morgan fingerprint density at radius 2 is 1.75 bits per heavy atom. The number of hydrogen-bond acceptors (Lipinski definition) is 3. The summed E-state index contributed by atoms with van der Waals surface area (Å²) in [6.45, 7) is 0.155. The summed E-state index contributed by atoms with van der Waals surface area (Å²) in [6.07, 6.45) is 9.08. The Morgan fingerprint density at radius 3 is 2.39 bits per heavy atom. The van der Waals surface area contributed by atoms with Gasteiger partial charge in [0.05, 0.1) is 22.0 Å². The second-order valence-corrected chi connectivity index (χ2v) is 10.7. The summed E-state index contributed by atoms with van der Waals surface area (Å²) < 4.78 is 41.2. The summed E-state index contributed by atoms with van der Waals surface area (Å²) in [6, 6.07) is 3.64. The Labute approximate surface area is 170 Å². The monoisotopic (exact) mass is 428 g/mol. The van der Waals surface area contributed by atoms with Gasteiger partial charge in [-0.1, -0.05) is 43.7 Å². The maximum atomic E-state index is 13.5. The van der Waals surface area contributed by atoms with Crippen molar-refractivity contribution in [3.63, 3.8) is 0 Å². The average Bonchev–Trinajstić information content (AvgIpc) is 3.18. The number of sulfonamides is 1. The number of amides is 1. The van der Waals surface area contributed by atoms with Gasteiger partial charge in [0.25, 0.3) is 0 Å². The number of carbonyl (C=O) groups is 1. The van der Waals surface area contributed by atoms with E-state index < -0.39 is 21.4 Å². The van der Waals surface area contributed by atoms with Gasteiger partial charge in [-0.3, -0.25) is 4.79 Å². The lowest BCUT2D eigenvalue weighted by Gasteiger charge is -2.54. The van der Waals surface area contributed by atoms with Gasteiger partial charge in [-0.05, 0) is 43.9 Å². The number of nitrogens with zero attached hydrogens (tertiary/aromatic N) is 2. The molecular weight excluding hydrogens is 403 g/mol. The van der Waals surface area contributed by atoms with Crippen molar-refractivity contribution in [3.05, 3.63) is 29.0 Å². The molecule has 1 amide bonds. The van der Waals surface area contributed by atoms with Crippen molar-refractivity contribution < 1.29 is 17.6 Å². The number of piperazine rings is 1. The summed E-state index contributed by atoms with van der Waals surface area (Å²) in [5, 5.41) is -0.232. The van der Waals surface area contributed by atoms with Gasteiger partial charge in [-0.2, -0.15) is 4.31 Å². The molecule has 5 nitrogen and oxygen atoms in total. The standard InChI is InChI=1S/C20H26ClFN2O3S/c21-17-12-16(8-9-18(17)22)28(26,27)23-13-19(25)24(15-6-2-3-7-15)20(14-23)10-4-1-5-11-20/h8-9,12,15H,1-7,10-11,13-14H2. The second-order valence-electron chi connectivity index (χ2n) is 8.34. The van der Waals surface area contributed by atoms with Gasteiger partial charge in [0, 0.05) is 12.6 Å². The summed E-state index contributed by atoms with van der Waals surface area (Å²) in [4.78, 5) is 15.2. The van der Waals surface area contributed by atoms with Gasteiger partial charge in [0.1, 0.15) is 5.82 Å². The lowest BCUT2D eigenvalue weighted by molar-refractivity contribution is -0.150. The Bertz CT molecular complexity index is 864. The first kappa shape index (κ1) is 20.1. The van der Waals surface area contributed by atoms with Gasteiger partial charge in [0.15, 0.2) is 0 Å². The molecule has 1 saturated heterocycles. The number of halogens is 2. The minimum Gasteiger partial charge on any atom is -0.332 e. The number of hydrogen-bond donors (Lipinski definition) is 0. The van der Waals surface area contributed by atoms with E-state index in [1.54, 1.807) is 0 Å². The molecule has 1 aromatic rings. The molecule has 2 saturated carbocycles. The summed E-state index contributed by atoms with van der Waals surface area (Å²) in [5.41, 5.74) is -0.417. The fourth-order valence-corrected chi connectivity index (χ4v) is 7.01. The molecular formula is C20H26ClFN2O3S. The van der Waals surface area contributed by atoms with E-state index in [0.29, 0.717) is 6.54 Å². The highest BCUT2D eigenvalue weighted by atomic mass is 35.5. The number of carbonyl (C=O) groups excluding carboxylic acids is 1. The van der Waals surface area contributed by atoms with E-state index in [1.807, 2.05) is 0 Å². The first-order valence-electron chi connectivity index (χ1n) is 10.1. The number of benzene rings is 1. The molecule has 1 spiro atoms. The average molecular weight is 429 g/mol. The van der Waals surface area contributed by atoms with Crippen molar-refractivity contribution >= 4 is 27.5 Å². The van der Waals surface area contributed by atoms with Crippen LogP contribution in [0.25, 0.3) is 0 Å². The third-order valence-electron chi connectivity index (χ3n) is 6.56. The van der Waals surface area contributed by atoms with Crippen LogP contribution in [-0.4, -0.2) is 48.2 Å². The van der Waals surface area contributed by atoms with Crippen molar-refractivity contribution in [1.29, 1.82) is 0 Å². The highest BCUT2D eigenvalue weighted by Crippen LogP contribution is 2.42. The molecule has 0 N–H and O–H groups in total. The van der Waals surface area contributed by atoms with Crippen LogP contribution in [0, 0.1) is 5.82 Å². The van der Waals surface area contributed by atoms with Crippen molar-refractivity contribution in [3.8, 4) is 0 Å². The van der Waals surface area contributed by atoms with E-state index in [2.05, 4.69) is 4.90 Å². The molecule has 28 heavy (non-hydrogen) atoms. The van der Waals surface area contributed by atoms with E-state index in [-0.39, 0.29) is 28.4 Å². The molecule has 154 valence electrons. The summed E-state index contributed by atoms with van der Waals surface area (Å²) >= 11 is 5.81. The van der Waals surface area contributed by atoms with Crippen LogP contribution in [0.5, 0.6) is 0 Å². The molecule has 0 bridgehead atoms. The first-order chi connectivity index (χ1) is 13.3. The maximum Gasteiger partial charge on any atom is 0.243 e. The largest absolute Gasteiger partial charge is 0.332 e. The topological polar surface area (TPSA) is 57.7 Å². The molecule has 0 aromatic heterocycles. The maximum absolute atomic E-state index is 13.5. The smallest absolute Gasteiger partial charge is 0.243 e. The Morgan fingerprint density at radius 1 is 1.07 bits per heavy atom. The van der Waals surface area contributed by atoms with Crippen LogP contribution >= 0.6 is 11.6 Å². The van der Waals surface area contributed by atoms with Crippen LogP contribution in [0.3, 0.4) is 0 Å². The van der Waals surface area contributed by atoms with E-state index in [1.165, 1.54) is 10.4 Å². The van der Waals surface area contributed by atoms with Gasteiger partial charge >= 0.3 is 0 Å². The Kier molecular flexibility index (Phi) is 5.44. The zero-order valence-corrected chi connectivity index (χ0v) is 17.4. The Hall–Kier alpha value is -1.18. The molecule has 0 atom stereocenters. The molecule has 8 heteroatoms. The fourth-order valence-electron chi connectivity index (χ4n) is 5.27. The molecule has 1 aromatic carbocycles. The van der Waals surface area contributed by atoms with Crippen molar-refractivity contribution in [1.82, 2.24) is 9.21 Å². The minimum atomic E-state index is -3.92. The lowest BCUT2D eigenvalue weighted by atomic mass is 9.78. The van der Waals surface area contributed by atoms with Gasteiger partial charge < -0.3 is 4.90 Å². The van der Waals surface area contributed by atoms with E-state index in [4.69, 9.17) is 11.6 Å². The normalized spacial score (nSPS) is 24.2. The molecule has 0 radical (unpaired) electrons. The fraction of sp³-hybridized carbons (Fsp3) is 0.650. The van der Waals surface area contributed by atoms with Crippen molar-refractivity contribution in [2.75, 3.05) is 13.1 Å². The lowest BCUT2D eigenvalue weighted by Crippen LogP contribution is -2.68. The molecule has 1 heterocycles. The summed E-state index contributed by atoms with van der Waals surface area (Å²) in [5.74, 6) is -0.761. The van der Waals surface area contributed by atoms with Crippen LogP contribution in [0.15, 0.2) is 23.1 Å². The molecule has 4 rings (SSSR count). The molecule has 3 fully saturated rings. The van der Waals surface area contributed by atoms with Crippen LogP contribution in [0.2, 0.25) is 5.02 Å². The van der Waals surface area contributed by atoms with E-state index in [9.17, 15) is 17.6 Å². The zero-order chi connectivity index (χ0) is 19.9. The predicted molar refractivity (Wildman–Crippen MR) is 105 cm³/mol. The first-order valence-corrected chi connectivity index (χ1v) is 11.9. The molecule has 3 aliphatic rings. The number of rotatable bonds is 3. The van der Waals surface area contributed by atoms with Gasteiger partial charge in [0.2, 0.25) is 15.9 Å². The van der Waals surface area contributed by atoms with Gasteiger partial charge in [-0.25, -0.2) is 12.8 Å². The van der Waals surface area contributed by atoms with Gasteiger partial charge in [-0.15, -0.1) is 0 Å². The van der Waals surface area contributed by atoms with E-state index >= 15 is 0 Å². The highest BCUT2D eigenvalue weighted by Gasteiger charge is 2.51. The molecule has 2 aliphatic carbocycles. The Balaban J connectivity index is 1.68.